The minimum atomic E-state index is 0.0403. The molecular formula is C15H30OS. The standard InChI is InChI=1S/C15H30OS/c1-3-5-10-14(11-6-4-2)12-8-7-9-13-15(16)17/h14H,3-13H2,1-2H3,(H,16,17). The number of unbranched alkanes of at least 4 members (excludes halogenated alkanes) is 4. The van der Waals surface area contributed by atoms with Crippen LogP contribution >= 0.6 is 12.6 Å². The summed E-state index contributed by atoms with van der Waals surface area (Å²) >= 11 is 3.79. The molecule has 0 saturated heterocycles. The van der Waals surface area contributed by atoms with Gasteiger partial charge in [-0.1, -0.05) is 71.6 Å². The molecule has 0 spiro atoms. The largest absolute Gasteiger partial charge is 0.288 e. The molecule has 0 amide bonds. The fourth-order valence-corrected chi connectivity index (χ4v) is 2.46. The van der Waals surface area contributed by atoms with Crippen molar-refractivity contribution in [2.24, 2.45) is 5.92 Å². The Morgan fingerprint density at radius 1 is 0.882 bits per heavy atom. The molecule has 0 aliphatic carbocycles. The average molecular weight is 258 g/mol. The summed E-state index contributed by atoms with van der Waals surface area (Å²) < 4.78 is 0. The molecule has 0 aromatic heterocycles. The maximum atomic E-state index is 10.7. The Labute approximate surface area is 113 Å². The summed E-state index contributed by atoms with van der Waals surface area (Å²) in [4.78, 5) is 10.7. The average Bonchev–Trinajstić information content (AvgIpc) is 2.30. The summed E-state index contributed by atoms with van der Waals surface area (Å²) in [5.41, 5.74) is 0. The smallest absolute Gasteiger partial charge is 0.185 e. The predicted octanol–water partition coefficient (Wildman–Crippen LogP) is 5.39. The van der Waals surface area contributed by atoms with Gasteiger partial charge in [0.1, 0.15) is 0 Å². The van der Waals surface area contributed by atoms with Crippen LogP contribution in [0.15, 0.2) is 0 Å². The molecule has 0 aromatic rings. The van der Waals surface area contributed by atoms with Gasteiger partial charge in [-0.15, -0.1) is 12.6 Å². The van der Waals surface area contributed by atoms with E-state index in [-0.39, 0.29) is 5.12 Å². The molecule has 0 atom stereocenters. The number of thiol groups is 1. The number of carbonyl (C=O) groups is 1. The zero-order valence-electron chi connectivity index (χ0n) is 11.7. The van der Waals surface area contributed by atoms with Crippen LogP contribution < -0.4 is 0 Å². The van der Waals surface area contributed by atoms with Gasteiger partial charge in [-0.25, -0.2) is 0 Å². The highest BCUT2D eigenvalue weighted by Crippen LogP contribution is 2.22. The fourth-order valence-electron chi connectivity index (χ4n) is 2.30. The van der Waals surface area contributed by atoms with E-state index in [1.807, 2.05) is 0 Å². The molecular weight excluding hydrogens is 228 g/mol. The zero-order chi connectivity index (χ0) is 12.9. The third-order valence-corrected chi connectivity index (χ3v) is 3.66. The van der Waals surface area contributed by atoms with Crippen LogP contribution in [0.2, 0.25) is 0 Å². The first kappa shape index (κ1) is 17.0. The maximum absolute atomic E-state index is 10.7. The Balaban J connectivity index is 3.55. The highest BCUT2D eigenvalue weighted by atomic mass is 32.1. The van der Waals surface area contributed by atoms with Gasteiger partial charge in [0, 0.05) is 6.42 Å². The number of rotatable bonds is 12. The Bertz CT molecular complexity index is 172. The van der Waals surface area contributed by atoms with Gasteiger partial charge >= 0.3 is 0 Å². The van der Waals surface area contributed by atoms with Crippen molar-refractivity contribution in [3.63, 3.8) is 0 Å². The first-order chi connectivity index (χ1) is 8.20. The summed E-state index contributed by atoms with van der Waals surface area (Å²) in [6, 6.07) is 0. The van der Waals surface area contributed by atoms with Gasteiger partial charge in [0.25, 0.3) is 0 Å². The molecule has 0 bridgehead atoms. The molecule has 17 heavy (non-hydrogen) atoms. The van der Waals surface area contributed by atoms with Crippen molar-refractivity contribution in [2.45, 2.75) is 84.5 Å². The van der Waals surface area contributed by atoms with Crippen molar-refractivity contribution in [1.29, 1.82) is 0 Å². The Morgan fingerprint density at radius 3 is 1.88 bits per heavy atom. The van der Waals surface area contributed by atoms with Gasteiger partial charge in [0.2, 0.25) is 0 Å². The molecule has 0 saturated carbocycles. The van der Waals surface area contributed by atoms with Crippen molar-refractivity contribution >= 4 is 17.7 Å². The second kappa shape index (κ2) is 12.5. The molecule has 0 N–H and O–H groups in total. The number of carbonyl (C=O) groups excluding carboxylic acids is 1. The van der Waals surface area contributed by atoms with E-state index in [0.29, 0.717) is 6.42 Å². The van der Waals surface area contributed by atoms with E-state index in [2.05, 4.69) is 26.5 Å². The Morgan fingerprint density at radius 2 is 1.41 bits per heavy atom. The molecule has 0 fully saturated rings. The molecule has 0 aliphatic rings. The summed E-state index contributed by atoms with van der Waals surface area (Å²) in [5.74, 6) is 0.932. The van der Waals surface area contributed by atoms with Crippen LogP contribution in [-0.4, -0.2) is 5.12 Å². The summed E-state index contributed by atoms with van der Waals surface area (Å²) in [6.07, 6.45) is 13.7. The van der Waals surface area contributed by atoms with E-state index >= 15 is 0 Å². The summed E-state index contributed by atoms with van der Waals surface area (Å²) in [6.45, 7) is 4.55. The van der Waals surface area contributed by atoms with Gasteiger partial charge in [-0.2, -0.15) is 0 Å². The van der Waals surface area contributed by atoms with Gasteiger partial charge in [-0.05, 0) is 12.3 Å². The van der Waals surface area contributed by atoms with Gasteiger partial charge in [0.05, 0.1) is 0 Å². The van der Waals surface area contributed by atoms with Crippen LogP contribution in [0.1, 0.15) is 84.5 Å². The van der Waals surface area contributed by atoms with Crippen LogP contribution in [-0.2, 0) is 4.79 Å². The quantitative estimate of drug-likeness (QED) is 0.367. The highest BCUT2D eigenvalue weighted by molar-refractivity contribution is 7.96. The van der Waals surface area contributed by atoms with Crippen molar-refractivity contribution in [2.75, 3.05) is 0 Å². The minimum Gasteiger partial charge on any atom is -0.288 e. The predicted molar refractivity (Wildman–Crippen MR) is 79.6 cm³/mol. The van der Waals surface area contributed by atoms with Gasteiger partial charge in [0.15, 0.2) is 5.12 Å². The van der Waals surface area contributed by atoms with Crippen molar-refractivity contribution in [1.82, 2.24) is 0 Å². The third-order valence-electron chi connectivity index (χ3n) is 3.43. The molecule has 102 valence electrons. The topological polar surface area (TPSA) is 17.1 Å². The molecule has 0 aliphatic heterocycles. The monoisotopic (exact) mass is 258 g/mol. The Hall–Kier alpha value is 0.0200. The molecule has 0 rings (SSSR count). The SMILES string of the molecule is CCCCC(CCCC)CCCCCC(=O)S. The number of hydrogen-bond donors (Lipinski definition) is 1. The lowest BCUT2D eigenvalue weighted by atomic mass is 9.91. The molecule has 2 heteroatoms. The van der Waals surface area contributed by atoms with Crippen LogP contribution in [0.4, 0.5) is 0 Å². The van der Waals surface area contributed by atoms with E-state index in [1.54, 1.807) is 0 Å². The van der Waals surface area contributed by atoms with E-state index < -0.39 is 0 Å². The van der Waals surface area contributed by atoms with E-state index in [9.17, 15) is 4.79 Å². The summed E-state index contributed by atoms with van der Waals surface area (Å²) in [5, 5.41) is 0.0403. The highest BCUT2D eigenvalue weighted by Gasteiger charge is 2.07. The van der Waals surface area contributed by atoms with Gasteiger partial charge in [-0.3, -0.25) is 4.79 Å². The normalized spacial score (nSPS) is 11.1. The second-order valence-corrected chi connectivity index (χ2v) is 5.64. The summed E-state index contributed by atoms with van der Waals surface area (Å²) in [7, 11) is 0. The second-order valence-electron chi connectivity index (χ2n) is 5.14. The van der Waals surface area contributed by atoms with E-state index in [4.69, 9.17) is 0 Å². The lowest BCUT2D eigenvalue weighted by molar-refractivity contribution is -0.110. The first-order valence-electron chi connectivity index (χ1n) is 7.42. The van der Waals surface area contributed by atoms with E-state index in [0.717, 1.165) is 12.3 Å². The first-order valence-corrected chi connectivity index (χ1v) is 7.87. The number of hydrogen-bond acceptors (Lipinski definition) is 1. The molecule has 0 radical (unpaired) electrons. The molecule has 0 heterocycles. The van der Waals surface area contributed by atoms with Crippen LogP contribution in [0.5, 0.6) is 0 Å². The molecule has 0 unspecified atom stereocenters. The maximum Gasteiger partial charge on any atom is 0.185 e. The molecule has 0 aromatic carbocycles. The van der Waals surface area contributed by atoms with Crippen LogP contribution in [0, 0.1) is 5.92 Å². The zero-order valence-corrected chi connectivity index (χ0v) is 12.6. The minimum absolute atomic E-state index is 0.0403. The Kier molecular flexibility index (Phi) is 12.5. The van der Waals surface area contributed by atoms with Gasteiger partial charge < -0.3 is 0 Å². The third kappa shape index (κ3) is 12.3. The van der Waals surface area contributed by atoms with Crippen molar-refractivity contribution < 1.29 is 4.79 Å². The van der Waals surface area contributed by atoms with E-state index in [1.165, 1.54) is 57.8 Å². The van der Waals surface area contributed by atoms with Crippen molar-refractivity contribution in [3.8, 4) is 0 Å². The fraction of sp³-hybridized carbons (Fsp3) is 0.933. The van der Waals surface area contributed by atoms with Crippen LogP contribution in [0.3, 0.4) is 0 Å². The lowest BCUT2D eigenvalue weighted by Gasteiger charge is -2.16. The molecule has 1 nitrogen and oxygen atoms in total. The van der Waals surface area contributed by atoms with Crippen molar-refractivity contribution in [3.05, 3.63) is 0 Å². The lowest BCUT2D eigenvalue weighted by Crippen LogP contribution is -2.01. The van der Waals surface area contributed by atoms with Crippen LogP contribution in [0.25, 0.3) is 0 Å².